The number of hydrogen-bond donors (Lipinski definition) is 1. The average Bonchev–Trinajstić information content (AvgIpc) is 3.41. The summed E-state index contributed by atoms with van der Waals surface area (Å²) in [5.74, 6) is -0.162. The predicted molar refractivity (Wildman–Crippen MR) is 135 cm³/mol. The van der Waals surface area contributed by atoms with E-state index in [-0.39, 0.29) is 31.1 Å². The van der Waals surface area contributed by atoms with E-state index in [4.69, 9.17) is 21.1 Å². The summed E-state index contributed by atoms with van der Waals surface area (Å²) < 4.78 is 11.4. The lowest BCUT2D eigenvalue weighted by Crippen LogP contribution is -2.46. The lowest BCUT2D eigenvalue weighted by atomic mass is 10.0. The van der Waals surface area contributed by atoms with Gasteiger partial charge in [0.05, 0.1) is 11.1 Å². The summed E-state index contributed by atoms with van der Waals surface area (Å²) in [6.07, 6.45) is 1.90. The first-order valence-corrected chi connectivity index (χ1v) is 12.1. The first-order chi connectivity index (χ1) is 17.1. The molecule has 6 nitrogen and oxygen atoms in total. The van der Waals surface area contributed by atoms with Gasteiger partial charge in [0.1, 0.15) is 11.8 Å². The molecule has 1 N–H and O–H groups in total. The molecule has 0 bridgehead atoms. The van der Waals surface area contributed by atoms with Crippen LogP contribution in [-0.4, -0.2) is 42.6 Å². The molecule has 1 aliphatic rings. The van der Waals surface area contributed by atoms with E-state index in [0.29, 0.717) is 23.9 Å². The highest BCUT2D eigenvalue weighted by Gasteiger charge is 2.32. The Morgan fingerprint density at radius 2 is 1.69 bits per heavy atom. The molecule has 0 spiro atoms. The van der Waals surface area contributed by atoms with Crippen LogP contribution in [0.2, 0.25) is 5.02 Å². The molecule has 0 unspecified atom stereocenters. The maximum Gasteiger partial charge on any atom is 0.261 e. The fourth-order valence-corrected chi connectivity index (χ4v) is 4.30. The number of nitrogens with zero attached hydrogens (tertiary/aromatic N) is 1. The molecule has 35 heavy (non-hydrogen) atoms. The number of hydrogen-bond acceptors (Lipinski definition) is 4. The van der Waals surface area contributed by atoms with Crippen LogP contribution in [0.4, 0.5) is 0 Å². The molecular weight excluding hydrogens is 464 g/mol. The normalized spacial score (nSPS) is 15.9. The number of para-hydroxylation sites is 1. The van der Waals surface area contributed by atoms with Gasteiger partial charge in [0.2, 0.25) is 5.91 Å². The van der Waals surface area contributed by atoms with E-state index in [1.807, 2.05) is 60.7 Å². The molecule has 1 aliphatic heterocycles. The van der Waals surface area contributed by atoms with Crippen molar-refractivity contribution in [2.45, 2.75) is 31.5 Å². The van der Waals surface area contributed by atoms with Crippen LogP contribution in [0, 0.1) is 0 Å². The van der Waals surface area contributed by atoms with Gasteiger partial charge in [-0.05, 0) is 36.1 Å². The highest BCUT2D eigenvalue weighted by molar-refractivity contribution is 6.32. The zero-order chi connectivity index (χ0) is 24.5. The lowest BCUT2D eigenvalue weighted by molar-refractivity contribution is -0.143. The van der Waals surface area contributed by atoms with E-state index in [0.717, 1.165) is 24.0 Å². The first-order valence-electron chi connectivity index (χ1n) is 11.8. The van der Waals surface area contributed by atoms with Gasteiger partial charge in [0.15, 0.2) is 6.61 Å². The molecule has 2 amide bonds. The second kappa shape index (κ2) is 12.4. The van der Waals surface area contributed by atoms with Crippen LogP contribution in [0.1, 0.15) is 30.0 Å². The average molecular weight is 493 g/mol. The number of halogens is 1. The highest BCUT2D eigenvalue weighted by Crippen LogP contribution is 2.26. The van der Waals surface area contributed by atoms with Gasteiger partial charge in [0.25, 0.3) is 5.91 Å². The van der Waals surface area contributed by atoms with Crippen LogP contribution < -0.4 is 10.1 Å². The quantitative estimate of drug-likeness (QED) is 0.442. The van der Waals surface area contributed by atoms with E-state index in [1.54, 1.807) is 29.2 Å². The van der Waals surface area contributed by atoms with Gasteiger partial charge in [-0.25, -0.2) is 0 Å². The van der Waals surface area contributed by atoms with Crippen LogP contribution in [0.5, 0.6) is 5.75 Å². The van der Waals surface area contributed by atoms with Crippen molar-refractivity contribution in [1.29, 1.82) is 0 Å². The third kappa shape index (κ3) is 6.84. The summed E-state index contributed by atoms with van der Waals surface area (Å²) in [4.78, 5) is 28.7. The molecule has 0 saturated carbocycles. The summed E-state index contributed by atoms with van der Waals surface area (Å²) in [6.45, 7) is 1.11. The number of ether oxygens (including phenoxy) is 2. The van der Waals surface area contributed by atoms with Crippen molar-refractivity contribution in [2.75, 3.05) is 19.8 Å². The number of rotatable bonds is 10. The summed E-state index contributed by atoms with van der Waals surface area (Å²) in [6, 6.07) is 25.1. The number of nitrogens with one attached hydrogen (secondary N) is 1. The van der Waals surface area contributed by atoms with Crippen molar-refractivity contribution in [2.24, 2.45) is 0 Å². The third-order valence-corrected chi connectivity index (χ3v) is 6.22. The summed E-state index contributed by atoms with van der Waals surface area (Å²) in [7, 11) is 0. The summed E-state index contributed by atoms with van der Waals surface area (Å²) in [5, 5.41) is 3.43. The van der Waals surface area contributed by atoms with Crippen molar-refractivity contribution in [3.05, 3.63) is 101 Å². The Kier molecular flexibility index (Phi) is 8.76. The van der Waals surface area contributed by atoms with E-state index < -0.39 is 6.04 Å². The van der Waals surface area contributed by atoms with Crippen LogP contribution >= 0.6 is 11.6 Å². The standard InChI is InChI=1S/C28H29ClN2O4/c29-24-15-7-8-16-25(24)35-20-26(32)31(19-21-10-3-1-4-11-21)27(22-12-5-2-6-13-22)28(33)30-18-23-14-9-17-34-23/h1-8,10-13,15-16,23,27H,9,14,17-20H2,(H,30,33)/t23-,27-/m1/s1. The number of carbonyl (C=O) groups is 2. The van der Waals surface area contributed by atoms with Crippen LogP contribution in [-0.2, 0) is 20.9 Å². The highest BCUT2D eigenvalue weighted by atomic mass is 35.5. The van der Waals surface area contributed by atoms with Gasteiger partial charge in [-0.1, -0.05) is 84.4 Å². The van der Waals surface area contributed by atoms with Crippen molar-refractivity contribution >= 4 is 23.4 Å². The van der Waals surface area contributed by atoms with Crippen molar-refractivity contribution in [3.63, 3.8) is 0 Å². The molecule has 2 atom stereocenters. The van der Waals surface area contributed by atoms with Crippen LogP contribution in [0.3, 0.4) is 0 Å². The molecule has 1 heterocycles. The first kappa shape index (κ1) is 24.8. The number of amides is 2. The molecule has 182 valence electrons. The minimum Gasteiger partial charge on any atom is -0.482 e. The molecule has 4 rings (SSSR count). The Balaban J connectivity index is 1.60. The topological polar surface area (TPSA) is 67.9 Å². The predicted octanol–water partition coefficient (Wildman–Crippen LogP) is 4.78. The second-order valence-electron chi connectivity index (χ2n) is 8.42. The molecular formula is C28H29ClN2O4. The Bertz CT molecular complexity index is 1100. The summed E-state index contributed by atoms with van der Waals surface area (Å²) >= 11 is 6.20. The van der Waals surface area contributed by atoms with Crippen molar-refractivity contribution < 1.29 is 19.1 Å². The molecule has 1 saturated heterocycles. The van der Waals surface area contributed by atoms with Gasteiger partial charge in [0, 0.05) is 19.7 Å². The van der Waals surface area contributed by atoms with E-state index in [1.165, 1.54) is 0 Å². The summed E-state index contributed by atoms with van der Waals surface area (Å²) in [5.41, 5.74) is 1.63. The van der Waals surface area contributed by atoms with E-state index >= 15 is 0 Å². The maximum atomic E-state index is 13.6. The van der Waals surface area contributed by atoms with Crippen molar-refractivity contribution in [3.8, 4) is 5.75 Å². The van der Waals surface area contributed by atoms with Crippen molar-refractivity contribution in [1.82, 2.24) is 10.2 Å². The number of benzene rings is 3. The Labute approximate surface area is 210 Å². The van der Waals surface area contributed by atoms with Gasteiger partial charge < -0.3 is 19.7 Å². The molecule has 7 heteroatoms. The molecule has 0 radical (unpaired) electrons. The Hall–Kier alpha value is -3.35. The smallest absolute Gasteiger partial charge is 0.261 e. The van der Waals surface area contributed by atoms with E-state index in [2.05, 4.69) is 5.32 Å². The van der Waals surface area contributed by atoms with E-state index in [9.17, 15) is 9.59 Å². The third-order valence-electron chi connectivity index (χ3n) is 5.91. The molecule has 3 aromatic rings. The second-order valence-corrected chi connectivity index (χ2v) is 8.83. The lowest BCUT2D eigenvalue weighted by Gasteiger charge is -2.32. The minimum absolute atomic E-state index is 0.00259. The zero-order valence-electron chi connectivity index (χ0n) is 19.4. The van der Waals surface area contributed by atoms with Gasteiger partial charge in [-0.3, -0.25) is 9.59 Å². The monoisotopic (exact) mass is 492 g/mol. The SMILES string of the molecule is O=C(NC[C@H]1CCCO1)[C@@H](c1ccccc1)N(Cc1ccccc1)C(=O)COc1ccccc1Cl. The van der Waals surface area contributed by atoms with Gasteiger partial charge >= 0.3 is 0 Å². The number of carbonyl (C=O) groups excluding carboxylic acids is 2. The molecule has 1 fully saturated rings. The van der Waals surface area contributed by atoms with Crippen LogP contribution in [0.15, 0.2) is 84.9 Å². The zero-order valence-corrected chi connectivity index (χ0v) is 20.2. The van der Waals surface area contributed by atoms with Gasteiger partial charge in [-0.15, -0.1) is 0 Å². The fraction of sp³-hybridized carbons (Fsp3) is 0.286. The van der Waals surface area contributed by atoms with Crippen LogP contribution in [0.25, 0.3) is 0 Å². The van der Waals surface area contributed by atoms with Gasteiger partial charge in [-0.2, -0.15) is 0 Å². The maximum absolute atomic E-state index is 13.6. The molecule has 0 aromatic heterocycles. The largest absolute Gasteiger partial charge is 0.482 e. The molecule has 3 aromatic carbocycles. The Morgan fingerprint density at radius 3 is 2.37 bits per heavy atom. The molecule has 0 aliphatic carbocycles. The Morgan fingerprint density at radius 1 is 1.00 bits per heavy atom. The minimum atomic E-state index is -0.833. The fourth-order valence-electron chi connectivity index (χ4n) is 4.11.